The van der Waals surface area contributed by atoms with Crippen LogP contribution in [0.4, 0.5) is 9.59 Å². The maximum Gasteiger partial charge on any atom is 0.508 e. The number of thioether (sulfide) groups is 1. The van der Waals surface area contributed by atoms with Crippen molar-refractivity contribution in [1.29, 1.82) is 0 Å². The van der Waals surface area contributed by atoms with Crippen LogP contribution in [0.25, 0.3) is 0 Å². The lowest BCUT2D eigenvalue weighted by Gasteiger charge is -2.11. The van der Waals surface area contributed by atoms with Crippen molar-refractivity contribution in [2.75, 3.05) is 19.0 Å². The molecule has 2 heterocycles. The molecule has 2 saturated heterocycles. The third kappa shape index (κ3) is 3.80. The molecule has 0 aromatic heterocycles. The van der Waals surface area contributed by atoms with E-state index in [4.69, 9.17) is 18.9 Å². The molecule has 18 heavy (non-hydrogen) atoms. The number of esters is 1. The molecule has 2 atom stereocenters. The molecule has 2 aliphatic heterocycles. The second-order valence-corrected chi connectivity index (χ2v) is 4.78. The fourth-order valence-electron chi connectivity index (χ4n) is 1.51. The SMILES string of the molecule is O=C1CCC(COC(=O)OCC2CSC(=O)O2)O1. The first-order valence-electron chi connectivity index (χ1n) is 5.46. The van der Waals surface area contributed by atoms with Gasteiger partial charge in [0.15, 0.2) is 0 Å². The van der Waals surface area contributed by atoms with Crippen LogP contribution >= 0.6 is 11.8 Å². The highest BCUT2D eigenvalue weighted by Gasteiger charge is 2.27. The van der Waals surface area contributed by atoms with Crippen LogP contribution in [0.1, 0.15) is 12.8 Å². The van der Waals surface area contributed by atoms with E-state index in [1.165, 1.54) is 0 Å². The second kappa shape index (κ2) is 5.94. The average molecular weight is 276 g/mol. The Morgan fingerprint density at radius 1 is 1.22 bits per heavy atom. The zero-order chi connectivity index (χ0) is 13.0. The summed E-state index contributed by atoms with van der Waals surface area (Å²) < 4.78 is 19.2. The summed E-state index contributed by atoms with van der Waals surface area (Å²) >= 11 is 1.04. The van der Waals surface area contributed by atoms with Crippen molar-refractivity contribution < 1.29 is 33.3 Å². The molecule has 0 aromatic rings. The van der Waals surface area contributed by atoms with Gasteiger partial charge < -0.3 is 18.9 Å². The zero-order valence-electron chi connectivity index (χ0n) is 9.46. The van der Waals surface area contributed by atoms with E-state index in [0.717, 1.165) is 11.8 Å². The number of carbonyl (C=O) groups excluding carboxylic acids is 3. The van der Waals surface area contributed by atoms with Gasteiger partial charge in [0.05, 0.1) is 0 Å². The fourth-order valence-corrected chi connectivity index (χ4v) is 2.20. The molecular formula is C10H12O7S. The predicted octanol–water partition coefficient (Wildman–Crippen LogP) is 1.10. The Kier molecular flexibility index (Phi) is 4.29. The van der Waals surface area contributed by atoms with Gasteiger partial charge in [0, 0.05) is 12.2 Å². The highest BCUT2D eigenvalue weighted by Crippen LogP contribution is 2.19. The van der Waals surface area contributed by atoms with Crippen molar-refractivity contribution in [3.63, 3.8) is 0 Å². The second-order valence-electron chi connectivity index (χ2n) is 3.82. The summed E-state index contributed by atoms with van der Waals surface area (Å²) in [5.41, 5.74) is 0. The molecule has 0 aromatic carbocycles. The quantitative estimate of drug-likeness (QED) is 0.557. The van der Waals surface area contributed by atoms with Crippen molar-refractivity contribution >= 4 is 29.2 Å². The molecule has 0 spiro atoms. The first-order chi connectivity index (χ1) is 8.63. The summed E-state index contributed by atoms with van der Waals surface area (Å²) in [7, 11) is 0. The number of rotatable bonds is 4. The van der Waals surface area contributed by atoms with Crippen LogP contribution in [-0.2, 0) is 23.7 Å². The van der Waals surface area contributed by atoms with Crippen LogP contribution in [-0.4, -0.2) is 48.6 Å². The molecule has 8 heteroatoms. The van der Waals surface area contributed by atoms with Crippen LogP contribution in [0.15, 0.2) is 0 Å². The van der Waals surface area contributed by atoms with Crippen LogP contribution in [0.5, 0.6) is 0 Å². The number of ether oxygens (including phenoxy) is 4. The lowest BCUT2D eigenvalue weighted by molar-refractivity contribution is -0.143. The van der Waals surface area contributed by atoms with Crippen molar-refractivity contribution in [3.05, 3.63) is 0 Å². The summed E-state index contributed by atoms with van der Waals surface area (Å²) in [6.07, 6.45) is -0.767. The van der Waals surface area contributed by atoms with Gasteiger partial charge in [-0.2, -0.15) is 0 Å². The molecule has 0 N–H and O–H groups in total. The summed E-state index contributed by atoms with van der Waals surface area (Å²) in [5.74, 6) is 0.179. The van der Waals surface area contributed by atoms with E-state index >= 15 is 0 Å². The summed E-state index contributed by atoms with van der Waals surface area (Å²) in [6.45, 7) is -0.0359. The minimum Gasteiger partial charge on any atom is -0.459 e. The Morgan fingerprint density at radius 3 is 2.50 bits per heavy atom. The third-order valence-corrected chi connectivity index (χ3v) is 3.26. The zero-order valence-corrected chi connectivity index (χ0v) is 10.3. The molecular weight excluding hydrogens is 264 g/mol. The number of hydrogen-bond donors (Lipinski definition) is 0. The maximum absolute atomic E-state index is 11.2. The highest BCUT2D eigenvalue weighted by atomic mass is 32.2. The Labute approximate surface area is 107 Å². The average Bonchev–Trinajstić information content (AvgIpc) is 2.93. The molecule has 2 fully saturated rings. The van der Waals surface area contributed by atoms with E-state index in [9.17, 15) is 14.4 Å². The molecule has 0 amide bonds. The summed E-state index contributed by atoms with van der Waals surface area (Å²) in [4.78, 5) is 32.7. The number of hydrogen-bond acceptors (Lipinski definition) is 8. The number of carbonyl (C=O) groups is 3. The van der Waals surface area contributed by atoms with E-state index in [-0.39, 0.29) is 30.6 Å². The first kappa shape index (κ1) is 13.0. The van der Waals surface area contributed by atoms with E-state index in [1.807, 2.05) is 0 Å². The lowest BCUT2D eigenvalue weighted by Crippen LogP contribution is -2.23. The largest absolute Gasteiger partial charge is 0.508 e. The van der Waals surface area contributed by atoms with Crippen molar-refractivity contribution in [3.8, 4) is 0 Å². The number of cyclic esters (lactones) is 2. The van der Waals surface area contributed by atoms with Gasteiger partial charge in [0.25, 0.3) is 0 Å². The Bertz CT molecular complexity index is 324. The topological polar surface area (TPSA) is 88.1 Å². The molecule has 2 rings (SSSR count). The minimum atomic E-state index is -0.856. The standard InChI is InChI=1S/C10H12O7S/c11-8-2-1-6(16-8)3-14-9(12)15-4-7-5-18-10(13)17-7/h6-7H,1-5H2. The first-order valence-corrected chi connectivity index (χ1v) is 6.44. The molecule has 0 aliphatic carbocycles. The van der Waals surface area contributed by atoms with Crippen molar-refractivity contribution in [2.24, 2.45) is 0 Å². The molecule has 7 nitrogen and oxygen atoms in total. The van der Waals surface area contributed by atoms with E-state index < -0.39 is 12.3 Å². The van der Waals surface area contributed by atoms with Gasteiger partial charge in [-0.25, -0.2) is 9.59 Å². The van der Waals surface area contributed by atoms with Crippen molar-refractivity contribution in [2.45, 2.75) is 25.0 Å². The van der Waals surface area contributed by atoms with E-state index in [1.54, 1.807) is 0 Å². The van der Waals surface area contributed by atoms with Crippen LogP contribution in [0, 0.1) is 0 Å². The van der Waals surface area contributed by atoms with E-state index in [0.29, 0.717) is 18.6 Å². The van der Waals surface area contributed by atoms with Crippen molar-refractivity contribution in [1.82, 2.24) is 0 Å². The molecule has 0 bridgehead atoms. The summed E-state index contributed by atoms with van der Waals surface area (Å²) in [5, 5.41) is -0.366. The fraction of sp³-hybridized carbons (Fsp3) is 0.700. The van der Waals surface area contributed by atoms with Gasteiger partial charge >= 0.3 is 17.4 Å². The smallest absolute Gasteiger partial charge is 0.459 e. The van der Waals surface area contributed by atoms with Gasteiger partial charge in [-0.1, -0.05) is 0 Å². The highest BCUT2D eigenvalue weighted by molar-refractivity contribution is 8.13. The summed E-state index contributed by atoms with van der Waals surface area (Å²) in [6, 6.07) is 0. The normalized spacial score (nSPS) is 26.7. The van der Waals surface area contributed by atoms with Crippen LogP contribution < -0.4 is 0 Å². The predicted molar refractivity (Wildman–Crippen MR) is 59.1 cm³/mol. The maximum atomic E-state index is 11.2. The Hall–Kier alpha value is -1.44. The molecule has 0 saturated carbocycles. The monoisotopic (exact) mass is 276 g/mol. The minimum absolute atomic E-state index is 0.0101. The van der Waals surface area contributed by atoms with Gasteiger partial charge in [0.1, 0.15) is 25.4 Å². The van der Waals surface area contributed by atoms with E-state index in [2.05, 4.69) is 0 Å². The van der Waals surface area contributed by atoms with Gasteiger partial charge in [-0.3, -0.25) is 4.79 Å². The molecule has 2 aliphatic rings. The molecule has 100 valence electrons. The van der Waals surface area contributed by atoms with Gasteiger partial charge in [-0.15, -0.1) is 0 Å². The lowest BCUT2D eigenvalue weighted by atomic mass is 10.2. The third-order valence-electron chi connectivity index (χ3n) is 2.39. The van der Waals surface area contributed by atoms with Crippen LogP contribution in [0.3, 0.4) is 0 Å². The van der Waals surface area contributed by atoms with Gasteiger partial charge in [-0.05, 0) is 18.2 Å². The Balaban J connectivity index is 1.57. The Morgan fingerprint density at radius 2 is 1.94 bits per heavy atom. The molecule has 2 unspecified atom stereocenters. The van der Waals surface area contributed by atoms with Crippen LogP contribution in [0.2, 0.25) is 0 Å². The molecule has 0 radical (unpaired) electrons. The van der Waals surface area contributed by atoms with Gasteiger partial charge in [0.2, 0.25) is 0 Å².